The maximum Gasteiger partial charge on any atom is 0.241 e. The van der Waals surface area contributed by atoms with Crippen LogP contribution in [0.25, 0.3) is 0 Å². The number of carbonyl (C=O) groups excluding carboxylic acids is 1. The Kier molecular flexibility index (Phi) is 4.14. The molecule has 5 heteroatoms. The number of carbonyl (C=O) groups is 1. The van der Waals surface area contributed by atoms with E-state index >= 15 is 0 Å². The van der Waals surface area contributed by atoms with E-state index < -0.39 is 11.6 Å². The quantitative estimate of drug-likeness (QED) is 0.910. The van der Waals surface area contributed by atoms with Crippen molar-refractivity contribution in [3.05, 3.63) is 35.4 Å². The average molecular weight is 268 g/mol. The van der Waals surface area contributed by atoms with Gasteiger partial charge in [0.15, 0.2) is 11.6 Å². The summed E-state index contributed by atoms with van der Waals surface area (Å²) < 4.78 is 26.3. The fourth-order valence-corrected chi connectivity index (χ4v) is 2.30. The third-order valence-electron chi connectivity index (χ3n) is 3.39. The summed E-state index contributed by atoms with van der Waals surface area (Å²) in [5.74, 6) is -1.76. The van der Waals surface area contributed by atoms with Crippen molar-refractivity contribution in [3.63, 3.8) is 0 Å². The van der Waals surface area contributed by atoms with Gasteiger partial charge in [0.25, 0.3) is 0 Å². The van der Waals surface area contributed by atoms with E-state index in [9.17, 15) is 13.6 Å². The minimum Gasteiger partial charge on any atom is -0.322 e. The second-order valence-corrected chi connectivity index (χ2v) is 4.85. The molecule has 2 unspecified atom stereocenters. The van der Waals surface area contributed by atoms with Crippen LogP contribution in [-0.4, -0.2) is 23.4 Å². The molecule has 1 aliphatic rings. The Bertz CT molecular complexity index is 479. The van der Waals surface area contributed by atoms with Gasteiger partial charge in [-0.1, -0.05) is 19.4 Å². The van der Waals surface area contributed by atoms with Crippen LogP contribution in [0.15, 0.2) is 18.2 Å². The summed E-state index contributed by atoms with van der Waals surface area (Å²) in [5, 5.41) is 3.11. The van der Waals surface area contributed by atoms with E-state index in [0.29, 0.717) is 12.1 Å². The van der Waals surface area contributed by atoms with Crippen LogP contribution in [0.5, 0.6) is 0 Å². The van der Waals surface area contributed by atoms with Gasteiger partial charge in [-0.05, 0) is 31.0 Å². The maximum atomic E-state index is 13.3. The zero-order chi connectivity index (χ0) is 14.0. The lowest BCUT2D eigenvalue weighted by atomic mass is 10.1. The molecule has 0 saturated carbocycles. The fraction of sp³-hybridized carbons (Fsp3) is 0.500. The topological polar surface area (TPSA) is 32.3 Å². The molecule has 2 rings (SSSR count). The van der Waals surface area contributed by atoms with Gasteiger partial charge in [-0.2, -0.15) is 0 Å². The molecule has 1 heterocycles. The molecule has 0 spiro atoms. The van der Waals surface area contributed by atoms with E-state index in [4.69, 9.17) is 0 Å². The number of hydrogen-bond acceptors (Lipinski definition) is 2. The largest absolute Gasteiger partial charge is 0.322 e. The number of rotatable bonds is 4. The Balaban J connectivity index is 2.25. The molecule has 0 bridgehead atoms. The summed E-state index contributed by atoms with van der Waals surface area (Å²) in [6, 6.07) is 3.46. The first kappa shape index (κ1) is 13.9. The molecule has 1 fully saturated rings. The number of halogens is 2. The molecule has 2 atom stereocenters. The summed E-state index contributed by atoms with van der Waals surface area (Å²) in [5.41, 5.74) is 0.577. The van der Waals surface area contributed by atoms with Crippen molar-refractivity contribution in [3.8, 4) is 0 Å². The number of unbranched alkanes of at least 4 members (excludes halogenated alkanes) is 1. The van der Waals surface area contributed by atoms with Crippen molar-refractivity contribution in [2.75, 3.05) is 6.54 Å². The molecule has 1 saturated heterocycles. The smallest absolute Gasteiger partial charge is 0.241 e. The van der Waals surface area contributed by atoms with E-state index in [2.05, 4.69) is 5.32 Å². The molecule has 1 aromatic rings. The lowest BCUT2D eigenvalue weighted by Crippen LogP contribution is -2.31. The SMILES string of the molecule is CCCCN1C(=O)C(C)NC1c1ccc(F)c(F)c1. The molecule has 19 heavy (non-hydrogen) atoms. The van der Waals surface area contributed by atoms with E-state index in [1.54, 1.807) is 11.8 Å². The minimum atomic E-state index is -0.887. The van der Waals surface area contributed by atoms with Crippen molar-refractivity contribution in [2.24, 2.45) is 0 Å². The molecule has 1 aliphatic heterocycles. The second kappa shape index (κ2) is 5.65. The van der Waals surface area contributed by atoms with Gasteiger partial charge < -0.3 is 4.90 Å². The lowest BCUT2D eigenvalue weighted by molar-refractivity contribution is -0.129. The normalized spacial score (nSPS) is 23.2. The highest BCUT2D eigenvalue weighted by Gasteiger charge is 2.36. The van der Waals surface area contributed by atoms with Gasteiger partial charge in [0.1, 0.15) is 6.17 Å². The van der Waals surface area contributed by atoms with Crippen LogP contribution in [-0.2, 0) is 4.79 Å². The Hall–Kier alpha value is -1.49. The van der Waals surface area contributed by atoms with Crippen LogP contribution in [0.2, 0.25) is 0 Å². The van der Waals surface area contributed by atoms with Gasteiger partial charge in [0.2, 0.25) is 5.91 Å². The van der Waals surface area contributed by atoms with Gasteiger partial charge in [-0.25, -0.2) is 8.78 Å². The number of nitrogens with one attached hydrogen (secondary N) is 1. The van der Waals surface area contributed by atoms with Crippen LogP contribution in [0, 0.1) is 11.6 Å². The summed E-state index contributed by atoms with van der Waals surface area (Å²) in [7, 11) is 0. The average Bonchev–Trinajstić information content (AvgIpc) is 2.67. The maximum absolute atomic E-state index is 13.3. The molecule has 1 amide bonds. The van der Waals surface area contributed by atoms with Gasteiger partial charge >= 0.3 is 0 Å². The standard InChI is InChI=1S/C14H18F2N2O/c1-3-4-7-18-13(17-9(2)14(18)19)10-5-6-11(15)12(16)8-10/h5-6,8-9,13,17H,3-4,7H2,1-2H3. The van der Waals surface area contributed by atoms with Crippen molar-refractivity contribution in [1.82, 2.24) is 10.2 Å². The lowest BCUT2D eigenvalue weighted by Gasteiger charge is -2.24. The van der Waals surface area contributed by atoms with Gasteiger partial charge in [0, 0.05) is 6.54 Å². The summed E-state index contributed by atoms with van der Waals surface area (Å²) in [6.45, 7) is 4.45. The van der Waals surface area contributed by atoms with E-state index in [1.807, 2.05) is 6.92 Å². The third kappa shape index (κ3) is 2.76. The van der Waals surface area contributed by atoms with Gasteiger partial charge in [-0.15, -0.1) is 0 Å². The molecule has 0 aliphatic carbocycles. The Labute approximate surface area is 111 Å². The number of benzene rings is 1. The molecule has 3 nitrogen and oxygen atoms in total. The molecule has 1 aromatic carbocycles. The van der Waals surface area contributed by atoms with E-state index in [1.165, 1.54) is 6.07 Å². The zero-order valence-corrected chi connectivity index (χ0v) is 11.1. The predicted molar refractivity (Wildman–Crippen MR) is 68.3 cm³/mol. The zero-order valence-electron chi connectivity index (χ0n) is 11.1. The number of nitrogens with zero attached hydrogens (tertiary/aromatic N) is 1. The Morgan fingerprint density at radius 3 is 2.68 bits per heavy atom. The molecule has 0 radical (unpaired) electrons. The summed E-state index contributed by atoms with van der Waals surface area (Å²) >= 11 is 0. The van der Waals surface area contributed by atoms with Crippen molar-refractivity contribution in [1.29, 1.82) is 0 Å². The monoisotopic (exact) mass is 268 g/mol. The van der Waals surface area contributed by atoms with Gasteiger partial charge in [0.05, 0.1) is 6.04 Å². The molecular weight excluding hydrogens is 250 g/mol. The highest BCUT2D eigenvalue weighted by molar-refractivity contribution is 5.84. The van der Waals surface area contributed by atoms with Crippen LogP contribution in [0.4, 0.5) is 8.78 Å². The van der Waals surface area contributed by atoms with Crippen LogP contribution >= 0.6 is 0 Å². The highest BCUT2D eigenvalue weighted by atomic mass is 19.2. The van der Waals surface area contributed by atoms with E-state index in [0.717, 1.165) is 25.0 Å². The first-order valence-electron chi connectivity index (χ1n) is 6.56. The second-order valence-electron chi connectivity index (χ2n) is 4.85. The van der Waals surface area contributed by atoms with Gasteiger partial charge in [-0.3, -0.25) is 10.1 Å². The van der Waals surface area contributed by atoms with E-state index in [-0.39, 0.29) is 18.1 Å². The minimum absolute atomic E-state index is 0.00295. The summed E-state index contributed by atoms with van der Waals surface area (Å²) in [4.78, 5) is 13.7. The first-order chi connectivity index (χ1) is 9.04. The van der Waals surface area contributed by atoms with Crippen molar-refractivity contribution >= 4 is 5.91 Å². The first-order valence-corrected chi connectivity index (χ1v) is 6.56. The molecule has 104 valence electrons. The number of amides is 1. The highest BCUT2D eigenvalue weighted by Crippen LogP contribution is 2.26. The molecule has 0 aromatic heterocycles. The van der Waals surface area contributed by atoms with Crippen LogP contribution < -0.4 is 5.32 Å². The third-order valence-corrected chi connectivity index (χ3v) is 3.39. The van der Waals surface area contributed by atoms with Crippen LogP contribution in [0.1, 0.15) is 38.4 Å². The Morgan fingerprint density at radius 2 is 2.05 bits per heavy atom. The van der Waals surface area contributed by atoms with Crippen molar-refractivity contribution in [2.45, 2.75) is 38.9 Å². The Morgan fingerprint density at radius 1 is 1.32 bits per heavy atom. The molecule has 1 N–H and O–H groups in total. The molecular formula is C14H18F2N2O. The van der Waals surface area contributed by atoms with Crippen molar-refractivity contribution < 1.29 is 13.6 Å². The van der Waals surface area contributed by atoms with Crippen LogP contribution in [0.3, 0.4) is 0 Å². The fourth-order valence-electron chi connectivity index (χ4n) is 2.30. The predicted octanol–water partition coefficient (Wildman–Crippen LogP) is 2.58. The summed E-state index contributed by atoms with van der Waals surface area (Å²) in [6.07, 6.45) is 1.49. The number of hydrogen-bond donors (Lipinski definition) is 1.